The van der Waals surface area contributed by atoms with Gasteiger partial charge < -0.3 is 15.8 Å². The van der Waals surface area contributed by atoms with Gasteiger partial charge in [0.15, 0.2) is 5.96 Å². The van der Waals surface area contributed by atoms with E-state index in [1.54, 1.807) is 31.4 Å². The zero-order valence-corrected chi connectivity index (χ0v) is 14.1. The van der Waals surface area contributed by atoms with Crippen LogP contribution in [0.1, 0.15) is 12.4 Å². The lowest BCUT2D eigenvalue weighted by molar-refractivity contribution is 0.0671. The van der Waals surface area contributed by atoms with Gasteiger partial charge in [0.1, 0.15) is 18.1 Å². The van der Waals surface area contributed by atoms with E-state index < -0.39 is 6.55 Å². The van der Waals surface area contributed by atoms with Crippen molar-refractivity contribution < 1.29 is 13.5 Å². The molecule has 2 aromatic rings. The summed E-state index contributed by atoms with van der Waals surface area (Å²) in [4.78, 5) is 7.80. The Morgan fingerprint density at radius 1 is 1.41 bits per heavy atom. The van der Waals surface area contributed by atoms with E-state index in [0.717, 1.165) is 10.3 Å². The first-order chi connectivity index (χ1) is 10.1. The van der Waals surface area contributed by atoms with Crippen molar-refractivity contribution in [1.29, 1.82) is 0 Å². The highest BCUT2D eigenvalue weighted by molar-refractivity contribution is 14.0. The normalized spacial score (nSPS) is 11.2. The number of nitrogens with two attached hydrogens (primary N) is 1. The Hall–Kier alpha value is -1.91. The SMILES string of the molecule is COc1ccc(NC(N)=NCc2nccn2C(F)F)cc1.I. The zero-order chi connectivity index (χ0) is 15.2. The molecule has 22 heavy (non-hydrogen) atoms. The molecule has 0 amide bonds. The largest absolute Gasteiger partial charge is 0.497 e. The number of guanidine groups is 1. The highest BCUT2D eigenvalue weighted by Gasteiger charge is 2.10. The second kappa shape index (κ2) is 8.51. The molecule has 1 aromatic carbocycles. The molecule has 0 bridgehead atoms. The van der Waals surface area contributed by atoms with Crippen molar-refractivity contribution in [3.8, 4) is 5.75 Å². The van der Waals surface area contributed by atoms with Crippen LogP contribution in [0.15, 0.2) is 41.7 Å². The van der Waals surface area contributed by atoms with E-state index in [9.17, 15) is 8.78 Å². The van der Waals surface area contributed by atoms with Crippen LogP contribution in [0, 0.1) is 0 Å². The molecule has 0 aliphatic carbocycles. The van der Waals surface area contributed by atoms with Crippen molar-refractivity contribution in [2.45, 2.75) is 13.1 Å². The third-order valence-corrected chi connectivity index (χ3v) is 2.71. The molecule has 6 nitrogen and oxygen atoms in total. The standard InChI is InChI=1S/C13H15F2N5O.HI/c1-21-10-4-2-9(3-5-10)19-13(16)18-8-11-17-6-7-20(11)12(14)15;/h2-7,12H,8H2,1H3,(H3,16,18,19);1H. The van der Waals surface area contributed by atoms with Crippen LogP contribution < -0.4 is 15.8 Å². The van der Waals surface area contributed by atoms with E-state index in [1.165, 1.54) is 12.4 Å². The van der Waals surface area contributed by atoms with E-state index in [1.807, 2.05) is 0 Å². The van der Waals surface area contributed by atoms with Crippen molar-refractivity contribution in [1.82, 2.24) is 9.55 Å². The number of anilines is 1. The lowest BCUT2D eigenvalue weighted by Gasteiger charge is -2.07. The summed E-state index contributed by atoms with van der Waals surface area (Å²) in [5.41, 5.74) is 6.42. The minimum Gasteiger partial charge on any atom is -0.497 e. The number of hydrogen-bond donors (Lipinski definition) is 2. The number of ether oxygens (including phenoxy) is 1. The van der Waals surface area contributed by atoms with Gasteiger partial charge in [-0.15, -0.1) is 24.0 Å². The summed E-state index contributed by atoms with van der Waals surface area (Å²) in [7, 11) is 1.57. The molecule has 0 atom stereocenters. The smallest absolute Gasteiger partial charge is 0.319 e. The van der Waals surface area contributed by atoms with Gasteiger partial charge in [-0.25, -0.2) is 9.98 Å². The third kappa shape index (κ3) is 4.83. The van der Waals surface area contributed by atoms with E-state index >= 15 is 0 Å². The summed E-state index contributed by atoms with van der Waals surface area (Å²) in [6.45, 7) is -2.68. The number of nitrogens with zero attached hydrogens (tertiary/aromatic N) is 3. The van der Waals surface area contributed by atoms with Gasteiger partial charge in [-0.1, -0.05) is 0 Å². The number of halogens is 3. The van der Waals surface area contributed by atoms with Crippen LogP contribution >= 0.6 is 24.0 Å². The second-order valence-electron chi connectivity index (χ2n) is 4.08. The van der Waals surface area contributed by atoms with Crippen molar-refractivity contribution in [3.63, 3.8) is 0 Å². The summed E-state index contributed by atoms with van der Waals surface area (Å²) in [6, 6.07) is 7.06. The lowest BCUT2D eigenvalue weighted by atomic mass is 10.3. The number of hydrogen-bond acceptors (Lipinski definition) is 3. The number of imidazole rings is 1. The number of methoxy groups -OCH3 is 1. The molecule has 0 unspecified atom stereocenters. The van der Waals surface area contributed by atoms with Crippen molar-refractivity contribution in [3.05, 3.63) is 42.5 Å². The average molecular weight is 423 g/mol. The molecule has 0 aliphatic heterocycles. The maximum atomic E-state index is 12.6. The molecule has 0 saturated carbocycles. The van der Waals surface area contributed by atoms with Crippen LogP contribution in [0.3, 0.4) is 0 Å². The van der Waals surface area contributed by atoms with E-state index in [0.29, 0.717) is 5.69 Å². The molecular weight excluding hydrogens is 407 g/mol. The molecule has 0 spiro atoms. The molecule has 120 valence electrons. The Kier molecular flexibility index (Phi) is 7.02. The molecule has 0 aliphatic rings. The minimum atomic E-state index is -2.64. The van der Waals surface area contributed by atoms with Gasteiger partial charge in [0.05, 0.1) is 7.11 Å². The van der Waals surface area contributed by atoms with Gasteiger partial charge >= 0.3 is 6.55 Å². The van der Waals surface area contributed by atoms with Gasteiger partial charge in [-0.2, -0.15) is 8.78 Å². The average Bonchev–Trinajstić information content (AvgIpc) is 2.94. The first-order valence-corrected chi connectivity index (χ1v) is 6.11. The Bertz CT molecular complexity index is 615. The fraction of sp³-hybridized carbons (Fsp3) is 0.231. The fourth-order valence-corrected chi connectivity index (χ4v) is 1.66. The molecule has 2 rings (SSSR count). The first kappa shape index (κ1) is 18.1. The van der Waals surface area contributed by atoms with E-state index in [2.05, 4.69) is 15.3 Å². The van der Waals surface area contributed by atoms with Crippen molar-refractivity contribution in [2.24, 2.45) is 10.7 Å². The van der Waals surface area contributed by atoms with Crippen molar-refractivity contribution >= 4 is 35.6 Å². The molecule has 1 aromatic heterocycles. The maximum absolute atomic E-state index is 12.6. The number of alkyl halides is 2. The summed E-state index contributed by atoms with van der Waals surface area (Å²) in [5, 5.41) is 2.85. The third-order valence-electron chi connectivity index (χ3n) is 2.71. The molecule has 0 fully saturated rings. The monoisotopic (exact) mass is 423 g/mol. The number of aliphatic imine (C=N–C) groups is 1. The van der Waals surface area contributed by atoms with E-state index in [-0.39, 0.29) is 42.3 Å². The van der Waals surface area contributed by atoms with Crippen LogP contribution in [-0.4, -0.2) is 22.6 Å². The number of rotatable bonds is 5. The minimum absolute atomic E-state index is 0. The van der Waals surface area contributed by atoms with Crippen LogP contribution in [-0.2, 0) is 6.54 Å². The summed E-state index contributed by atoms with van der Waals surface area (Å²) in [6.07, 6.45) is 2.49. The maximum Gasteiger partial charge on any atom is 0.319 e. The Labute approximate surface area is 143 Å². The van der Waals surface area contributed by atoms with Crippen molar-refractivity contribution in [2.75, 3.05) is 12.4 Å². The predicted octanol–water partition coefficient (Wildman–Crippen LogP) is 2.83. The first-order valence-electron chi connectivity index (χ1n) is 6.11. The Morgan fingerprint density at radius 2 is 2.09 bits per heavy atom. The van der Waals surface area contributed by atoms with Gasteiger partial charge in [0.2, 0.25) is 0 Å². The zero-order valence-electron chi connectivity index (χ0n) is 11.7. The highest BCUT2D eigenvalue weighted by Crippen LogP contribution is 2.15. The molecule has 9 heteroatoms. The number of nitrogens with one attached hydrogen (secondary N) is 1. The van der Waals surface area contributed by atoms with Crippen LogP contribution in [0.2, 0.25) is 0 Å². The van der Waals surface area contributed by atoms with Crippen LogP contribution in [0.25, 0.3) is 0 Å². The van der Waals surface area contributed by atoms with Gasteiger partial charge in [0.25, 0.3) is 0 Å². The Morgan fingerprint density at radius 3 is 2.68 bits per heavy atom. The summed E-state index contributed by atoms with van der Waals surface area (Å²) >= 11 is 0. The number of aromatic nitrogens is 2. The predicted molar refractivity (Wildman–Crippen MR) is 90.8 cm³/mol. The van der Waals surface area contributed by atoms with Gasteiger partial charge in [-0.3, -0.25) is 4.57 Å². The second-order valence-corrected chi connectivity index (χ2v) is 4.08. The lowest BCUT2D eigenvalue weighted by Crippen LogP contribution is -2.22. The molecular formula is C13H16F2IN5O. The molecule has 3 N–H and O–H groups in total. The van der Waals surface area contributed by atoms with E-state index in [4.69, 9.17) is 10.5 Å². The molecule has 0 saturated heterocycles. The molecule has 0 radical (unpaired) electrons. The quantitative estimate of drug-likeness (QED) is 0.441. The van der Waals surface area contributed by atoms with Crippen LogP contribution in [0.5, 0.6) is 5.75 Å². The molecule has 1 heterocycles. The van der Waals surface area contributed by atoms with Gasteiger partial charge in [-0.05, 0) is 24.3 Å². The Balaban J connectivity index is 0.00000242. The fourth-order valence-electron chi connectivity index (χ4n) is 1.66. The summed E-state index contributed by atoms with van der Waals surface area (Å²) < 4.78 is 31.0. The topological polar surface area (TPSA) is 77.5 Å². The summed E-state index contributed by atoms with van der Waals surface area (Å²) in [5.74, 6) is 0.975. The highest BCUT2D eigenvalue weighted by atomic mass is 127. The van der Waals surface area contributed by atoms with Gasteiger partial charge in [0, 0.05) is 18.1 Å². The number of benzene rings is 1. The van der Waals surface area contributed by atoms with Crippen LogP contribution in [0.4, 0.5) is 14.5 Å².